The van der Waals surface area contributed by atoms with E-state index in [2.05, 4.69) is 32.3 Å². The number of hydrogen-bond donors (Lipinski definition) is 0. The molecular weight excluding hydrogens is 1770 g/mol. The molecule has 2 aliphatic heterocycles. The molecule has 11 rings (SSSR count). The summed E-state index contributed by atoms with van der Waals surface area (Å²) in [6.45, 7) is 22.8. The van der Waals surface area contributed by atoms with Crippen LogP contribution in [0.4, 0.5) is 0 Å². The van der Waals surface area contributed by atoms with E-state index in [0.717, 1.165) is 33.9 Å². The molecule has 661 valence electrons. The molecular formula is C93H116ClN5O22Pt+. The number of carbonyl (C=O) groups is 4. The van der Waals surface area contributed by atoms with Crippen molar-refractivity contribution in [3.63, 3.8) is 0 Å². The Labute approximate surface area is 730 Å². The Morgan fingerprint density at radius 3 is 1.12 bits per heavy atom. The van der Waals surface area contributed by atoms with Gasteiger partial charge in [-0.1, -0.05) is 69.9 Å². The summed E-state index contributed by atoms with van der Waals surface area (Å²) in [7, 11) is 8.25. The first-order valence-corrected chi connectivity index (χ1v) is 44.9. The number of aryl methyl sites for hydroxylation is 1. The summed E-state index contributed by atoms with van der Waals surface area (Å²) in [6.07, 6.45) is 6.06. The molecule has 0 aliphatic carbocycles. The van der Waals surface area contributed by atoms with Crippen LogP contribution in [0, 0.1) is 11.8 Å². The Kier molecular flexibility index (Phi) is 42.6. The quantitative estimate of drug-likeness (QED) is 0.00855. The number of methoxy groups -OCH3 is 1. The van der Waals surface area contributed by atoms with Gasteiger partial charge in [0.15, 0.2) is 6.20 Å². The van der Waals surface area contributed by atoms with Gasteiger partial charge in [-0.15, -0.1) is 0 Å². The number of halogens is 1. The van der Waals surface area contributed by atoms with Gasteiger partial charge in [0, 0.05) is 97.7 Å². The number of aromatic nitrogens is 3. The standard InChI is InChI=1S/C93H116N5O22.ClH.Pt/c1-7-71(8-2)97-90(99)75-26-24-74-87-83(120-62-61-119-60-59-118-58-57-117-56-55-116-54-53-115-52-51-114-50-49-113-48-47-112-46-45-111-44-43-110-42-41-109-40-39-108-38-37-107-36-35-106-34-33-105-32-31-104-30-29-103-6)66-78-86-76(91(100)98(93(78)102)72(9-3)10-4)25-23-73(89(86)87)84-69(63-77(92(97)101)85(75)88(74)84)22-19-67-17-20-68(21-18-67)70-64-80(79-15-11-13-27-94-79)95-81(65-70)82-16-12-14-28-96(82)5;;/h11-18,20-21,23-28,63-66,71-72H,7-10,29-62H2,1-6H3;1H;/q+1;;+1/p-1. The first-order chi connectivity index (χ1) is 60.1. The molecule has 0 N–H and O–H groups in total. The predicted octanol–water partition coefficient (Wildman–Crippen LogP) is 12.3. The van der Waals surface area contributed by atoms with Gasteiger partial charge in [-0.2, -0.15) is 4.57 Å². The third-order valence-electron chi connectivity index (χ3n) is 20.6. The molecule has 122 heavy (non-hydrogen) atoms. The Balaban J connectivity index is 0.00000774. The fourth-order valence-corrected chi connectivity index (χ4v) is 14.6. The van der Waals surface area contributed by atoms with Crippen molar-refractivity contribution in [2.75, 3.05) is 232 Å². The van der Waals surface area contributed by atoms with E-state index >= 15 is 9.59 Å². The van der Waals surface area contributed by atoms with Gasteiger partial charge in [-0.25, -0.2) is 4.98 Å². The zero-order chi connectivity index (χ0) is 85.9. The third-order valence-corrected chi connectivity index (χ3v) is 20.6. The number of carbonyl (C=O) groups excluding carboxylic acids is 4. The summed E-state index contributed by atoms with van der Waals surface area (Å²) in [5.74, 6) is 5.84. The van der Waals surface area contributed by atoms with Crippen LogP contribution in [-0.4, -0.2) is 287 Å². The van der Waals surface area contributed by atoms with Gasteiger partial charge in [0.1, 0.15) is 25.1 Å². The van der Waals surface area contributed by atoms with E-state index < -0.39 is 11.8 Å². The van der Waals surface area contributed by atoms with Crippen molar-refractivity contribution in [1.82, 2.24) is 19.8 Å². The van der Waals surface area contributed by atoms with Crippen LogP contribution < -0.4 is 9.30 Å². The zero-order valence-electron chi connectivity index (χ0n) is 71.0. The number of rotatable bonds is 61. The minimum atomic E-state index is -0.409. The molecule has 9 aromatic rings. The Bertz CT molecular complexity index is 4760. The van der Waals surface area contributed by atoms with Gasteiger partial charge >= 0.3 is 28.2 Å². The number of amides is 4. The van der Waals surface area contributed by atoms with Crippen LogP contribution in [-0.2, 0) is 106 Å². The topological polar surface area (TPSA) is 271 Å². The van der Waals surface area contributed by atoms with Crippen LogP contribution in [0.15, 0.2) is 122 Å². The molecule has 2 aliphatic rings. The normalized spacial score (nSPS) is 12.7. The van der Waals surface area contributed by atoms with Crippen molar-refractivity contribution in [3.05, 3.63) is 155 Å². The molecule has 27 nitrogen and oxygen atoms in total. The number of imide groups is 2. The zero-order valence-corrected chi connectivity index (χ0v) is 74.0. The number of hydrogen-bond acceptors (Lipinski definition) is 24. The molecule has 4 amide bonds. The van der Waals surface area contributed by atoms with Gasteiger partial charge in [0.05, 0.1) is 235 Å². The number of fused-ring (bicyclic) bond motifs is 2. The van der Waals surface area contributed by atoms with Crippen LogP contribution in [0.25, 0.3) is 77.0 Å². The summed E-state index contributed by atoms with van der Waals surface area (Å²) in [6, 6.07) is 34.3. The fraction of sp³-hybridized carbons (Fsp3) is 0.495. The van der Waals surface area contributed by atoms with Crippen LogP contribution >= 0.6 is 9.42 Å². The van der Waals surface area contributed by atoms with Crippen LogP contribution in [0.2, 0.25) is 0 Å². The van der Waals surface area contributed by atoms with Gasteiger partial charge in [-0.3, -0.25) is 34.0 Å². The molecule has 0 saturated carbocycles. The SMILES string of the molecule is CCC(CC)N1C(=O)c2ccc3c4c(OCCOCCOCCOCCOCCOCCOCCOCCOCCOCCOCCOCCOCCOCCOCCOCCOCCOC)cc5c6c(ccc(c7c(C#Cc8ccc(-c9cc(-c%10ccccn%10)nc(-c%10cccc[n+]%10C)c9)cc8)cc(c2c37)C1=O)c64)C(=O)N(C(CC)CC)C5=O.[Cl][Pt]. The predicted molar refractivity (Wildman–Crippen MR) is 459 cm³/mol. The Hall–Kier alpha value is -7.99. The second-order valence-corrected chi connectivity index (χ2v) is 28.4. The molecule has 0 atom stereocenters. The Morgan fingerprint density at radius 1 is 0.361 bits per heavy atom. The van der Waals surface area contributed by atoms with E-state index in [0.29, 0.717) is 313 Å². The summed E-state index contributed by atoms with van der Waals surface area (Å²) in [5, 5.41) is 5.00. The molecule has 0 radical (unpaired) electrons. The molecule has 0 saturated heterocycles. The van der Waals surface area contributed by atoms with E-state index in [4.69, 9.17) is 90.2 Å². The average Bonchev–Trinajstić information content (AvgIpc) is 0.679. The summed E-state index contributed by atoms with van der Waals surface area (Å²) in [4.78, 5) is 72.5. The van der Waals surface area contributed by atoms with E-state index in [9.17, 15) is 9.59 Å². The molecule has 0 spiro atoms. The van der Waals surface area contributed by atoms with E-state index in [1.54, 1.807) is 50.3 Å². The van der Waals surface area contributed by atoms with Gasteiger partial charge in [0.2, 0.25) is 5.69 Å². The summed E-state index contributed by atoms with van der Waals surface area (Å²) >= 11 is 1.61. The summed E-state index contributed by atoms with van der Waals surface area (Å²) < 4.78 is 103. The first-order valence-electron chi connectivity index (χ1n) is 42.1. The molecule has 0 fully saturated rings. The van der Waals surface area contributed by atoms with E-state index in [-0.39, 0.29) is 43.7 Å². The van der Waals surface area contributed by atoms with Crippen LogP contribution in [0.5, 0.6) is 5.75 Å². The number of benzene rings is 6. The molecule has 5 heterocycles. The van der Waals surface area contributed by atoms with Crippen molar-refractivity contribution >= 4 is 76.1 Å². The number of nitrogens with zero attached hydrogens (tertiary/aromatic N) is 5. The monoisotopic (exact) mass is 1880 g/mol. The van der Waals surface area contributed by atoms with E-state index in [1.807, 2.05) is 130 Å². The van der Waals surface area contributed by atoms with Crippen molar-refractivity contribution in [2.24, 2.45) is 7.05 Å². The number of pyridine rings is 3. The fourth-order valence-electron chi connectivity index (χ4n) is 14.6. The van der Waals surface area contributed by atoms with E-state index in [1.165, 1.54) is 9.80 Å². The summed E-state index contributed by atoms with van der Waals surface area (Å²) in [5.41, 5.74) is 7.85. The molecule has 3 aromatic heterocycles. The molecule has 6 aromatic carbocycles. The number of ether oxygens (including phenoxy) is 18. The van der Waals surface area contributed by atoms with Gasteiger partial charge in [-0.05, 0) is 114 Å². The molecule has 0 bridgehead atoms. The minimum absolute atomic E-state index is 0.0922. The Morgan fingerprint density at radius 2 is 0.730 bits per heavy atom. The maximum absolute atomic E-state index is 15.2. The van der Waals surface area contributed by atoms with Crippen molar-refractivity contribution in [3.8, 4) is 51.5 Å². The second-order valence-electron chi connectivity index (χ2n) is 28.4. The van der Waals surface area contributed by atoms with Crippen molar-refractivity contribution < 1.29 is 128 Å². The van der Waals surface area contributed by atoms with Gasteiger partial charge < -0.3 is 85.3 Å². The van der Waals surface area contributed by atoms with Crippen molar-refractivity contribution in [1.29, 1.82) is 0 Å². The van der Waals surface area contributed by atoms with Crippen molar-refractivity contribution in [2.45, 2.75) is 65.5 Å². The van der Waals surface area contributed by atoms with Crippen LogP contribution in [0.1, 0.15) is 106 Å². The third kappa shape index (κ3) is 27.3. The second kappa shape index (κ2) is 54.0. The maximum atomic E-state index is 15.2. The first kappa shape index (κ1) is 96.2. The van der Waals surface area contributed by atoms with Crippen LogP contribution in [0.3, 0.4) is 0 Å². The average molecular weight is 1890 g/mol. The molecule has 0 unspecified atom stereocenters. The van der Waals surface area contributed by atoms with Gasteiger partial charge in [0.25, 0.3) is 23.6 Å². The molecule has 29 heteroatoms.